The van der Waals surface area contributed by atoms with E-state index in [1.807, 2.05) is 85.8 Å². The monoisotopic (exact) mass is 372 g/mol. The average molecular weight is 372 g/mol. The fourth-order valence-corrected chi connectivity index (χ4v) is 3.14. The van der Waals surface area contributed by atoms with Crippen LogP contribution in [0.1, 0.15) is 30.5 Å². The second-order valence-electron chi connectivity index (χ2n) is 6.83. The Morgan fingerprint density at radius 3 is 2.18 bits per heavy atom. The highest BCUT2D eigenvalue weighted by Gasteiger charge is 2.18. The average Bonchev–Trinajstić information content (AvgIpc) is 2.69. The van der Waals surface area contributed by atoms with Gasteiger partial charge in [0, 0.05) is 18.2 Å². The molecule has 0 saturated carbocycles. The molecule has 0 bridgehead atoms. The van der Waals surface area contributed by atoms with Crippen LogP contribution in [0.5, 0.6) is 0 Å². The van der Waals surface area contributed by atoms with E-state index in [1.54, 1.807) is 0 Å². The first-order chi connectivity index (χ1) is 13.5. The van der Waals surface area contributed by atoms with Gasteiger partial charge in [-0.15, -0.1) is 0 Å². The Morgan fingerprint density at radius 1 is 0.857 bits per heavy atom. The third kappa shape index (κ3) is 5.07. The molecule has 2 N–H and O–H groups in total. The van der Waals surface area contributed by atoms with Gasteiger partial charge in [-0.3, -0.25) is 9.59 Å². The standard InChI is InChI=1S/C24H24N2O2/c1-17-12-14-20(15-13-17)23(25-18(2)27)16-24(28)26-22-11-7-6-10-21(22)19-8-4-3-5-9-19/h3-15,23H,16H2,1-2H3,(H,25,27)(H,26,28). The van der Waals surface area contributed by atoms with Gasteiger partial charge in [0.05, 0.1) is 12.5 Å². The first kappa shape index (κ1) is 19.4. The third-order valence-electron chi connectivity index (χ3n) is 4.53. The lowest BCUT2D eigenvalue weighted by atomic mass is 10.0. The normalized spacial score (nSPS) is 11.5. The number of carbonyl (C=O) groups excluding carboxylic acids is 2. The van der Waals surface area contributed by atoms with Crippen molar-refractivity contribution in [2.75, 3.05) is 5.32 Å². The number of para-hydroxylation sites is 1. The number of hydrogen-bond acceptors (Lipinski definition) is 2. The maximum atomic E-state index is 12.8. The van der Waals surface area contributed by atoms with Gasteiger partial charge in [-0.1, -0.05) is 78.4 Å². The van der Waals surface area contributed by atoms with Crippen molar-refractivity contribution in [3.8, 4) is 11.1 Å². The van der Waals surface area contributed by atoms with Crippen LogP contribution in [-0.2, 0) is 9.59 Å². The Morgan fingerprint density at radius 2 is 1.50 bits per heavy atom. The number of hydrogen-bond donors (Lipinski definition) is 2. The van der Waals surface area contributed by atoms with Gasteiger partial charge in [-0.25, -0.2) is 0 Å². The molecule has 3 aromatic rings. The predicted molar refractivity (Wildman–Crippen MR) is 113 cm³/mol. The van der Waals surface area contributed by atoms with Crippen LogP contribution in [0, 0.1) is 6.92 Å². The van der Waals surface area contributed by atoms with Gasteiger partial charge in [0.25, 0.3) is 0 Å². The van der Waals surface area contributed by atoms with Crippen molar-refractivity contribution >= 4 is 17.5 Å². The number of rotatable bonds is 6. The van der Waals surface area contributed by atoms with Crippen molar-refractivity contribution < 1.29 is 9.59 Å². The second kappa shape index (κ2) is 9.00. The molecular formula is C24H24N2O2. The van der Waals surface area contributed by atoms with Crippen molar-refractivity contribution in [2.24, 2.45) is 0 Å². The Kier molecular flexibility index (Phi) is 6.22. The van der Waals surface area contributed by atoms with Gasteiger partial charge >= 0.3 is 0 Å². The van der Waals surface area contributed by atoms with Crippen molar-refractivity contribution in [2.45, 2.75) is 26.3 Å². The smallest absolute Gasteiger partial charge is 0.226 e. The van der Waals surface area contributed by atoms with E-state index in [9.17, 15) is 9.59 Å². The highest BCUT2D eigenvalue weighted by Crippen LogP contribution is 2.28. The first-order valence-electron chi connectivity index (χ1n) is 9.31. The molecule has 0 spiro atoms. The van der Waals surface area contributed by atoms with Crippen molar-refractivity contribution in [1.82, 2.24) is 5.32 Å². The van der Waals surface area contributed by atoms with Crippen LogP contribution in [-0.4, -0.2) is 11.8 Å². The van der Waals surface area contributed by atoms with Crippen LogP contribution in [0.4, 0.5) is 5.69 Å². The summed E-state index contributed by atoms with van der Waals surface area (Å²) in [5.41, 5.74) is 4.79. The Bertz CT molecular complexity index is 950. The molecule has 142 valence electrons. The zero-order valence-corrected chi connectivity index (χ0v) is 16.1. The fraction of sp³-hybridized carbons (Fsp3) is 0.167. The molecule has 1 unspecified atom stereocenters. The molecule has 0 aliphatic carbocycles. The number of aryl methyl sites for hydroxylation is 1. The summed E-state index contributed by atoms with van der Waals surface area (Å²) in [6, 6.07) is 25.1. The van der Waals surface area contributed by atoms with Gasteiger partial charge in [-0.05, 0) is 24.1 Å². The molecular weight excluding hydrogens is 348 g/mol. The molecule has 3 rings (SSSR count). The van der Waals surface area contributed by atoms with Gasteiger partial charge in [0.15, 0.2) is 0 Å². The minimum absolute atomic E-state index is 0.150. The lowest BCUT2D eigenvalue weighted by molar-refractivity contribution is -0.120. The number of benzene rings is 3. The number of nitrogens with one attached hydrogen (secondary N) is 2. The fourth-order valence-electron chi connectivity index (χ4n) is 3.14. The van der Waals surface area contributed by atoms with Gasteiger partial charge in [-0.2, -0.15) is 0 Å². The molecule has 1 atom stereocenters. The molecule has 0 aliphatic heterocycles. The molecule has 0 radical (unpaired) electrons. The third-order valence-corrected chi connectivity index (χ3v) is 4.53. The summed E-state index contributed by atoms with van der Waals surface area (Å²) in [7, 11) is 0. The summed E-state index contributed by atoms with van der Waals surface area (Å²) < 4.78 is 0. The number of amides is 2. The van der Waals surface area contributed by atoms with Gasteiger partial charge in [0.2, 0.25) is 11.8 Å². The van der Waals surface area contributed by atoms with Crippen LogP contribution in [0.15, 0.2) is 78.9 Å². The predicted octanol–water partition coefficient (Wildman–Crippen LogP) is 4.87. The molecule has 0 aliphatic rings. The zero-order chi connectivity index (χ0) is 19.9. The minimum atomic E-state index is -0.373. The highest BCUT2D eigenvalue weighted by molar-refractivity contribution is 5.96. The van der Waals surface area contributed by atoms with Gasteiger partial charge in [0.1, 0.15) is 0 Å². The molecule has 28 heavy (non-hydrogen) atoms. The highest BCUT2D eigenvalue weighted by atomic mass is 16.2. The van der Waals surface area contributed by atoms with E-state index in [0.717, 1.165) is 27.9 Å². The van der Waals surface area contributed by atoms with E-state index >= 15 is 0 Å². The summed E-state index contributed by atoms with van der Waals surface area (Å²) in [4.78, 5) is 24.4. The number of anilines is 1. The van der Waals surface area contributed by atoms with Crippen molar-refractivity contribution in [3.63, 3.8) is 0 Å². The van der Waals surface area contributed by atoms with E-state index in [2.05, 4.69) is 10.6 Å². The van der Waals surface area contributed by atoms with Crippen LogP contribution < -0.4 is 10.6 Å². The summed E-state index contributed by atoms with van der Waals surface area (Å²) in [6.45, 7) is 3.47. The van der Waals surface area contributed by atoms with E-state index in [1.165, 1.54) is 6.92 Å². The van der Waals surface area contributed by atoms with Crippen LogP contribution in [0.25, 0.3) is 11.1 Å². The summed E-state index contributed by atoms with van der Waals surface area (Å²) >= 11 is 0. The quantitative estimate of drug-likeness (QED) is 0.649. The minimum Gasteiger partial charge on any atom is -0.349 e. The van der Waals surface area contributed by atoms with Gasteiger partial charge < -0.3 is 10.6 Å². The van der Waals surface area contributed by atoms with E-state index < -0.39 is 0 Å². The van der Waals surface area contributed by atoms with E-state index in [0.29, 0.717) is 0 Å². The molecule has 4 heteroatoms. The molecule has 3 aromatic carbocycles. The summed E-state index contributed by atoms with van der Waals surface area (Å²) in [5, 5.41) is 5.88. The lowest BCUT2D eigenvalue weighted by Gasteiger charge is -2.19. The molecule has 2 amide bonds. The second-order valence-corrected chi connectivity index (χ2v) is 6.83. The summed E-state index contributed by atoms with van der Waals surface area (Å²) in [6.07, 6.45) is 0.158. The Balaban J connectivity index is 1.78. The van der Waals surface area contributed by atoms with E-state index in [-0.39, 0.29) is 24.3 Å². The first-order valence-corrected chi connectivity index (χ1v) is 9.31. The van der Waals surface area contributed by atoms with E-state index in [4.69, 9.17) is 0 Å². The maximum Gasteiger partial charge on any atom is 0.226 e. The Labute approximate surface area is 165 Å². The van der Waals surface area contributed by atoms with Crippen molar-refractivity contribution in [3.05, 3.63) is 90.0 Å². The zero-order valence-electron chi connectivity index (χ0n) is 16.1. The Hall–Kier alpha value is -3.40. The lowest BCUT2D eigenvalue weighted by Crippen LogP contribution is -2.29. The molecule has 0 aromatic heterocycles. The maximum absolute atomic E-state index is 12.8. The molecule has 0 heterocycles. The van der Waals surface area contributed by atoms with Crippen LogP contribution >= 0.6 is 0 Å². The summed E-state index contributed by atoms with van der Waals surface area (Å²) in [5.74, 6) is -0.314. The topological polar surface area (TPSA) is 58.2 Å². The van der Waals surface area contributed by atoms with Crippen molar-refractivity contribution in [1.29, 1.82) is 0 Å². The molecule has 0 fully saturated rings. The molecule has 4 nitrogen and oxygen atoms in total. The van der Waals surface area contributed by atoms with Crippen LogP contribution in [0.2, 0.25) is 0 Å². The molecule has 0 saturated heterocycles. The SMILES string of the molecule is CC(=O)NC(CC(=O)Nc1ccccc1-c1ccccc1)c1ccc(C)cc1. The van der Waals surface area contributed by atoms with Crippen LogP contribution in [0.3, 0.4) is 0 Å². The largest absolute Gasteiger partial charge is 0.349 e. The number of carbonyl (C=O) groups is 2.